The van der Waals surface area contributed by atoms with Gasteiger partial charge in [-0.15, -0.1) is 6.58 Å². The summed E-state index contributed by atoms with van der Waals surface area (Å²) in [6.45, 7) is 11.3. The van der Waals surface area contributed by atoms with Crippen molar-refractivity contribution in [3.63, 3.8) is 0 Å². The minimum absolute atomic E-state index is 0.399. The van der Waals surface area contributed by atoms with Crippen LogP contribution >= 0.6 is 0 Å². The third-order valence-corrected chi connectivity index (χ3v) is 3.11. The minimum Gasteiger partial charge on any atom is -0.365 e. The van der Waals surface area contributed by atoms with Crippen LogP contribution in [0.25, 0.3) is 0 Å². The molecule has 0 aliphatic heterocycles. The maximum absolute atomic E-state index is 3.82. The van der Waals surface area contributed by atoms with E-state index in [2.05, 4.69) is 61.8 Å². The highest BCUT2D eigenvalue weighted by atomic mass is 15.1. The first kappa shape index (κ1) is 13.8. The van der Waals surface area contributed by atoms with E-state index in [0.717, 1.165) is 6.54 Å². The average molecular weight is 232 g/mol. The smallest absolute Gasteiger partial charge is 0.0371 e. The fourth-order valence-electron chi connectivity index (χ4n) is 1.87. The van der Waals surface area contributed by atoms with Crippen LogP contribution in [-0.4, -0.2) is 19.6 Å². The lowest BCUT2D eigenvalue weighted by Gasteiger charge is -2.28. The van der Waals surface area contributed by atoms with Crippen LogP contribution in [0.1, 0.15) is 32.4 Å². The summed E-state index contributed by atoms with van der Waals surface area (Å²) < 4.78 is 0. The molecule has 0 bridgehead atoms. The number of anilines is 1. The zero-order valence-corrected chi connectivity index (χ0v) is 11.4. The second kappa shape index (κ2) is 6.45. The summed E-state index contributed by atoms with van der Waals surface area (Å²) in [6.07, 6.45) is 1.95. The summed E-state index contributed by atoms with van der Waals surface area (Å²) in [4.78, 5) is 2.33. The van der Waals surface area contributed by atoms with Crippen LogP contribution < -0.4 is 10.2 Å². The summed E-state index contributed by atoms with van der Waals surface area (Å²) in [5.41, 5.74) is 2.57. The zero-order chi connectivity index (χ0) is 12.8. The topological polar surface area (TPSA) is 15.3 Å². The van der Waals surface area contributed by atoms with E-state index in [1.54, 1.807) is 0 Å². The predicted octanol–water partition coefficient (Wildman–Crippen LogP) is 3.37. The van der Waals surface area contributed by atoms with E-state index in [-0.39, 0.29) is 0 Å². The van der Waals surface area contributed by atoms with Crippen LogP contribution in [0, 0.1) is 0 Å². The van der Waals surface area contributed by atoms with Gasteiger partial charge in [-0.1, -0.05) is 18.2 Å². The number of rotatable bonds is 6. The molecule has 17 heavy (non-hydrogen) atoms. The summed E-state index contributed by atoms with van der Waals surface area (Å²) in [5, 5.41) is 3.25. The van der Waals surface area contributed by atoms with Crippen LogP contribution in [0.2, 0.25) is 0 Å². The third kappa shape index (κ3) is 3.60. The monoisotopic (exact) mass is 232 g/mol. The van der Waals surface area contributed by atoms with Crippen molar-refractivity contribution in [2.24, 2.45) is 0 Å². The van der Waals surface area contributed by atoms with E-state index < -0.39 is 0 Å². The van der Waals surface area contributed by atoms with Crippen LogP contribution in [0.15, 0.2) is 36.9 Å². The molecular formula is C15H24N2. The van der Waals surface area contributed by atoms with Gasteiger partial charge in [-0.2, -0.15) is 0 Å². The van der Waals surface area contributed by atoms with Crippen molar-refractivity contribution in [2.75, 3.05) is 18.5 Å². The zero-order valence-electron chi connectivity index (χ0n) is 11.4. The molecule has 0 saturated carbocycles. The fraction of sp³-hybridized carbons (Fsp3) is 0.467. The van der Waals surface area contributed by atoms with Gasteiger partial charge < -0.3 is 10.2 Å². The second-order valence-electron chi connectivity index (χ2n) is 4.64. The van der Waals surface area contributed by atoms with E-state index in [1.165, 1.54) is 11.3 Å². The van der Waals surface area contributed by atoms with Gasteiger partial charge in [0.25, 0.3) is 0 Å². The Morgan fingerprint density at radius 1 is 1.24 bits per heavy atom. The highest BCUT2D eigenvalue weighted by Crippen LogP contribution is 2.20. The van der Waals surface area contributed by atoms with Crippen molar-refractivity contribution >= 4 is 5.69 Å². The van der Waals surface area contributed by atoms with E-state index in [9.17, 15) is 0 Å². The van der Waals surface area contributed by atoms with Crippen molar-refractivity contribution in [1.29, 1.82) is 0 Å². The van der Waals surface area contributed by atoms with Gasteiger partial charge in [0, 0.05) is 24.3 Å². The Kier molecular flexibility index (Phi) is 5.23. The normalized spacial score (nSPS) is 12.5. The first-order valence-corrected chi connectivity index (χ1v) is 6.25. The van der Waals surface area contributed by atoms with Gasteiger partial charge >= 0.3 is 0 Å². The molecule has 0 aliphatic carbocycles. The lowest BCUT2D eigenvalue weighted by atomic mass is 10.1. The first-order valence-electron chi connectivity index (χ1n) is 6.25. The van der Waals surface area contributed by atoms with Gasteiger partial charge in [-0.3, -0.25) is 0 Å². The van der Waals surface area contributed by atoms with Crippen LogP contribution in [0.4, 0.5) is 5.69 Å². The molecule has 1 unspecified atom stereocenters. The molecule has 94 valence electrons. The predicted molar refractivity (Wildman–Crippen MR) is 76.6 cm³/mol. The van der Waals surface area contributed by atoms with Gasteiger partial charge in [-0.25, -0.2) is 0 Å². The van der Waals surface area contributed by atoms with Gasteiger partial charge in [0.05, 0.1) is 0 Å². The van der Waals surface area contributed by atoms with E-state index in [0.29, 0.717) is 12.1 Å². The molecule has 0 radical (unpaired) electrons. The highest BCUT2D eigenvalue weighted by Gasteiger charge is 2.09. The lowest BCUT2D eigenvalue weighted by Crippen LogP contribution is -2.30. The van der Waals surface area contributed by atoms with Crippen LogP contribution in [0.3, 0.4) is 0 Å². The molecule has 0 saturated heterocycles. The highest BCUT2D eigenvalue weighted by molar-refractivity contribution is 5.49. The summed E-state index contributed by atoms with van der Waals surface area (Å²) in [6, 6.07) is 9.64. The molecule has 2 nitrogen and oxygen atoms in total. The van der Waals surface area contributed by atoms with Gasteiger partial charge in [-0.05, 0) is 45.5 Å². The lowest BCUT2D eigenvalue weighted by molar-refractivity contribution is 0.651. The maximum atomic E-state index is 3.82. The van der Waals surface area contributed by atoms with Crippen molar-refractivity contribution in [1.82, 2.24) is 5.32 Å². The molecule has 1 rings (SSSR count). The second-order valence-corrected chi connectivity index (χ2v) is 4.64. The molecule has 1 atom stereocenters. The quantitative estimate of drug-likeness (QED) is 0.757. The third-order valence-electron chi connectivity index (χ3n) is 3.11. The summed E-state index contributed by atoms with van der Waals surface area (Å²) >= 11 is 0. The molecule has 0 aliphatic rings. The van der Waals surface area contributed by atoms with E-state index >= 15 is 0 Å². The van der Waals surface area contributed by atoms with Crippen molar-refractivity contribution < 1.29 is 0 Å². The first-order chi connectivity index (χ1) is 8.10. The number of hydrogen-bond acceptors (Lipinski definition) is 2. The van der Waals surface area contributed by atoms with Gasteiger partial charge in [0.1, 0.15) is 0 Å². The summed E-state index contributed by atoms with van der Waals surface area (Å²) in [7, 11) is 1.98. The SMILES string of the molecule is C=CCN(c1ccc(C(C)NC)cc1)C(C)C. The molecule has 1 aromatic rings. The van der Waals surface area contributed by atoms with E-state index in [4.69, 9.17) is 0 Å². The Labute approximate surface area is 105 Å². The largest absolute Gasteiger partial charge is 0.365 e. The fourth-order valence-corrected chi connectivity index (χ4v) is 1.87. The Hall–Kier alpha value is -1.28. The maximum Gasteiger partial charge on any atom is 0.0371 e. The number of nitrogens with zero attached hydrogens (tertiary/aromatic N) is 1. The van der Waals surface area contributed by atoms with E-state index in [1.807, 2.05) is 13.1 Å². The Morgan fingerprint density at radius 2 is 1.82 bits per heavy atom. The molecule has 0 amide bonds. The van der Waals surface area contributed by atoms with Gasteiger partial charge in [0.15, 0.2) is 0 Å². The number of nitrogens with one attached hydrogen (secondary N) is 1. The Balaban J connectivity index is 2.87. The molecule has 0 fully saturated rings. The molecule has 2 heteroatoms. The van der Waals surface area contributed by atoms with Crippen molar-refractivity contribution in [3.05, 3.63) is 42.5 Å². The Morgan fingerprint density at radius 3 is 2.24 bits per heavy atom. The van der Waals surface area contributed by atoms with Gasteiger partial charge in [0.2, 0.25) is 0 Å². The molecule has 0 heterocycles. The Bertz CT molecular complexity index is 340. The molecule has 0 aromatic heterocycles. The number of hydrogen-bond donors (Lipinski definition) is 1. The average Bonchev–Trinajstić information content (AvgIpc) is 2.35. The molecular weight excluding hydrogens is 208 g/mol. The van der Waals surface area contributed by atoms with Crippen molar-refractivity contribution in [3.8, 4) is 0 Å². The number of benzene rings is 1. The summed E-state index contributed by atoms with van der Waals surface area (Å²) in [5.74, 6) is 0. The molecule has 1 aromatic carbocycles. The van der Waals surface area contributed by atoms with Crippen molar-refractivity contribution in [2.45, 2.75) is 32.9 Å². The standard InChI is InChI=1S/C15H24N2/c1-6-11-17(12(2)3)15-9-7-14(8-10-15)13(4)16-5/h6-10,12-13,16H,1,11H2,2-5H3. The minimum atomic E-state index is 0.399. The van der Waals surface area contributed by atoms with Crippen LogP contribution in [-0.2, 0) is 0 Å². The molecule has 0 spiro atoms. The van der Waals surface area contributed by atoms with Crippen LogP contribution in [0.5, 0.6) is 0 Å². The molecule has 1 N–H and O–H groups in total.